The van der Waals surface area contributed by atoms with Crippen molar-refractivity contribution in [2.45, 2.75) is 6.42 Å². The van der Waals surface area contributed by atoms with Crippen molar-refractivity contribution in [2.75, 3.05) is 17.6 Å². The van der Waals surface area contributed by atoms with Gasteiger partial charge in [-0.3, -0.25) is 0 Å². The standard InChI is InChI=1S/C12H12Cl2N4/c13-9-2-1-8(10(14)7-9)5-6-16-12-4-3-11(15)17-18-12/h1-4,7H,5-6H2,(H2,15,17)(H,16,18). The third-order valence-corrected chi connectivity index (χ3v) is 2.99. The molecule has 3 N–H and O–H groups in total. The van der Waals surface area contributed by atoms with Crippen LogP contribution >= 0.6 is 23.2 Å². The van der Waals surface area contributed by atoms with E-state index in [2.05, 4.69) is 15.5 Å². The smallest absolute Gasteiger partial charge is 0.148 e. The molecule has 0 amide bonds. The van der Waals surface area contributed by atoms with E-state index in [0.717, 1.165) is 12.0 Å². The van der Waals surface area contributed by atoms with Crippen molar-refractivity contribution in [1.82, 2.24) is 10.2 Å². The van der Waals surface area contributed by atoms with E-state index in [4.69, 9.17) is 28.9 Å². The summed E-state index contributed by atoms with van der Waals surface area (Å²) in [7, 11) is 0. The number of hydrogen-bond acceptors (Lipinski definition) is 4. The molecule has 4 nitrogen and oxygen atoms in total. The number of anilines is 2. The number of nitrogens with zero attached hydrogens (tertiary/aromatic N) is 2. The van der Waals surface area contributed by atoms with Gasteiger partial charge in [-0.05, 0) is 36.2 Å². The highest BCUT2D eigenvalue weighted by atomic mass is 35.5. The van der Waals surface area contributed by atoms with E-state index in [0.29, 0.717) is 28.2 Å². The largest absolute Gasteiger partial charge is 0.382 e. The van der Waals surface area contributed by atoms with E-state index in [1.54, 1.807) is 18.2 Å². The minimum atomic E-state index is 0.404. The van der Waals surface area contributed by atoms with Gasteiger partial charge in [0, 0.05) is 16.6 Å². The zero-order valence-corrected chi connectivity index (χ0v) is 11.0. The Bertz CT molecular complexity index is 528. The molecule has 0 saturated heterocycles. The monoisotopic (exact) mass is 282 g/mol. The lowest BCUT2D eigenvalue weighted by Crippen LogP contribution is -2.07. The van der Waals surface area contributed by atoms with Gasteiger partial charge in [0.1, 0.15) is 11.6 Å². The van der Waals surface area contributed by atoms with Gasteiger partial charge >= 0.3 is 0 Å². The zero-order valence-electron chi connectivity index (χ0n) is 9.53. The van der Waals surface area contributed by atoms with Crippen molar-refractivity contribution in [2.24, 2.45) is 0 Å². The van der Waals surface area contributed by atoms with Crippen LogP contribution in [0.25, 0.3) is 0 Å². The second-order valence-electron chi connectivity index (χ2n) is 3.76. The Morgan fingerprint density at radius 3 is 2.61 bits per heavy atom. The molecule has 0 saturated carbocycles. The predicted molar refractivity (Wildman–Crippen MR) is 75.1 cm³/mol. The van der Waals surface area contributed by atoms with Crippen LogP contribution in [0.3, 0.4) is 0 Å². The van der Waals surface area contributed by atoms with Gasteiger partial charge in [-0.25, -0.2) is 0 Å². The van der Waals surface area contributed by atoms with Crippen molar-refractivity contribution in [3.63, 3.8) is 0 Å². The first-order chi connectivity index (χ1) is 8.65. The summed E-state index contributed by atoms with van der Waals surface area (Å²) < 4.78 is 0. The van der Waals surface area contributed by atoms with Gasteiger partial charge < -0.3 is 11.1 Å². The lowest BCUT2D eigenvalue weighted by atomic mass is 10.1. The first-order valence-corrected chi connectivity index (χ1v) is 6.18. The third-order valence-electron chi connectivity index (χ3n) is 2.40. The van der Waals surface area contributed by atoms with Crippen LogP contribution in [0.4, 0.5) is 11.6 Å². The van der Waals surface area contributed by atoms with Crippen LogP contribution in [0.2, 0.25) is 10.0 Å². The van der Waals surface area contributed by atoms with Crippen LogP contribution in [-0.4, -0.2) is 16.7 Å². The molecule has 1 aromatic carbocycles. The molecule has 1 heterocycles. The Morgan fingerprint density at radius 1 is 1.11 bits per heavy atom. The highest BCUT2D eigenvalue weighted by Gasteiger charge is 2.01. The fourth-order valence-electron chi connectivity index (χ4n) is 1.49. The molecule has 18 heavy (non-hydrogen) atoms. The van der Waals surface area contributed by atoms with Crippen LogP contribution < -0.4 is 11.1 Å². The zero-order chi connectivity index (χ0) is 13.0. The van der Waals surface area contributed by atoms with Crippen LogP contribution in [0, 0.1) is 0 Å². The summed E-state index contributed by atoms with van der Waals surface area (Å²) in [6.45, 7) is 0.708. The molecule has 0 spiro atoms. The van der Waals surface area contributed by atoms with E-state index in [9.17, 15) is 0 Å². The molecule has 0 unspecified atom stereocenters. The van der Waals surface area contributed by atoms with E-state index in [-0.39, 0.29) is 0 Å². The Balaban J connectivity index is 1.90. The fraction of sp³-hybridized carbons (Fsp3) is 0.167. The molecule has 94 valence electrons. The summed E-state index contributed by atoms with van der Waals surface area (Å²) in [5.74, 6) is 1.09. The number of aromatic nitrogens is 2. The first kappa shape index (κ1) is 12.9. The lowest BCUT2D eigenvalue weighted by molar-refractivity contribution is 0.971. The van der Waals surface area contributed by atoms with E-state index in [1.807, 2.05) is 12.1 Å². The number of rotatable bonds is 4. The van der Waals surface area contributed by atoms with Crippen LogP contribution in [-0.2, 0) is 6.42 Å². The van der Waals surface area contributed by atoms with Gasteiger partial charge in [0.05, 0.1) is 0 Å². The molecule has 6 heteroatoms. The summed E-state index contributed by atoms with van der Waals surface area (Å²) in [5, 5.41) is 12.1. The number of nitrogen functional groups attached to an aromatic ring is 1. The maximum atomic E-state index is 6.08. The van der Waals surface area contributed by atoms with E-state index < -0.39 is 0 Å². The minimum absolute atomic E-state index is 0.404. The maximum Gasteiger partial charge on any atom is 0.148 e. The van der Waals surface area contributed by atoms with Crippen molar-refractivity contribution < 1.29 is 0 Å². The molecule has 1 aromatic heterocycles. The Morgan fingerprint density at radius 2 is 1.94 bits per heavy atom. The first-order valence-electron chi connectivity index (χ1n) is 5.42. The van der Waals surface area contributed by atoms with Crippen molar-refractivity contribution in [3.05, 3.63) is 45.9 Å². The number of benzene rings is 1. The average Bonchev–Trinajstić information content (AvgIpc) is 2.34. The van der Waals surface area contributed by atoms with E-state index in [1.165, 1.54) is 0 Å². The van der Waals surface area contributed by atoms with Crippen LogP contribution in [0.1, 0.15) is 5.56 Å². The average molecular weight is 283 g/mol. The topological polar surface area (TPSA) is 63.8 Å². The van der Waals surface area contributed by atoms with Crippen LogP contribution in [0.15, 0.2) is 30.3 Å². The van der Waals surface area contributed by atoms with Gasteiger partial charge in [-0.1, -0.05) is 29.3 Å². The molecule has 0 aliphatic heterocycles. The second-order valence-corrected chi connectivity index (χ2v) is 4.60. The summed E-state index contributed by atoms with van der Waals surface area (Å²) in [6.07, 6.45) is 0.780. The van der Waals surface area contributed by atoms with Crippen molar-refractivity contribution in [3.8, 4) is 0 Å². The fourth-order valence-corrected chi connectivity index (χ4v) is 1.99. The summed E-state index contributed by atoms with van der Waals surface area (Å²) in [5.41, 5.74) is 6.49. The number of nitrogens with one attached hydrogen (secondary N) is 1. The lowest BCUT2D eigenvalue weighted by Gasteiger charge is -2.07. The quantitative estimate of drug-likeness (QED) is 0.905. The van der Waals surface area contributed by atoms with Gasteiger partial charge in [0.25, 0.3) is 0 Å². The Labute approximate surface area is 115 Å². The molecule has 0 bridgehead atoms. The van der Waals surface area contributed by atoms with Gasteiger partial charge in [-0.15, -0.1) is 10.2 Å². The summed E-state index contributed by atoms with van der Waals surface area (Å²) in [4.78, 5) is 0. The summed E-state index contributed by atoms with van der Waals surface area (Å²) >= 11 is 11.9. The second kappa shape index (κ2) is 5.89. The van der Waals surface area contributed by atoms with Crippen molar-refractivity contribution in [1.29, 1.82) is 0 Å². The number of nitrogens with two attached hydrogens (primary N) is 1. The highest BCUT2D eigenvalue weighted by molar-refractivity contribution is 6.35. The van der Waals surface area contributed by atoms with Crippen molar-refractivity contribution >= 4 is 34.8 Å². The molecular formula is C12H12Cl2N4. The molecule has 0 fully saturated rings. The van der Waals surface area contributed by atoms with Gasteiger partial charge in [0.2, 0.25) is 0 Å². The SMILES string of the molecule is Nc1ccc(NCCc2ccc(Cl)cc2Cl)nn1. The molecule has 2 aromatic rings. The summed E-state index contributed by atoms with van der Waals surface area (Å²) in [6, 6.07) is 8.96. The molecule has 0 aliphatic carbocycles. The Kier molecular flexibility index (Phi) is 4.23. The minimum Gasteiger partial charge on any atom is -0.382 e. The molecule has 2 rings (SSSR count). The Hall–Kier alpha value is -1.52. The number of halogens is 2. The van der Waals surface area contributed by atoms with E-state index >= 15 is 0 Å². The number of hydrogen-bond donors (Lipinski definition) is 2. The highest BCUT2D eigenvalue weighted by Crippen LogP contribution is 2.21. The molecule has 0 aliphatic rings. The molecule has 0 radical (unpaired) electrons. The molecule has 0 atom stereocenters. The van der Waals surface area contributed by atoms with Gasteiger partial charge in [-0.2, -0.15) is 0 Å². The molecular weight excluding hydrogens is 271 g/mol. The van der Waals surface area contributed by atoms with Gasteiger partial charge in [0.15, 0.2) is 0 Å². The predicted octanol–water partition coefficient (Wildman–Crippen LogP) is 3.02. The van der Waals surface area contributed by atoms with Crippen LogP contribution in [0.5, 0.6) is 0 Å². The maximum absolute atomic E-state index is 6.08. The normalized spacial score (nSPS) is 10.3. The third kappa shape index (κ3) is 3.48.